The third-order valence-corrected chi connectivity index (χ3v) is 8.32. The summed E-state index contributed by atoms with van der Waals surface area (Å²) in [5, 5.41) is 16.0. The minimum absolute atomic E-state index is 0.126. The summed E-state index contributed by atoms with van der Waals surface area (Å²) in [6.07, 6.45) is -0.214. The van der Waals surface area contributed by atoms with E-state index in [0.717, 1.165) is 12.5 Å². The molecule has 2 amide bonds. The summed E-state index contributed by atoms with van der Waals surface area (Å²) in [5.41, 5.74) is 1.20. The van der Waals surface area contributed by atoms with Gasteiger partial charge in [0.15, 0.2) is 15.9 Å². The number of carbonyl (C=O) groups is 2. The minimum Gasteiger partial charge on any atom is -0.378 e. The molecule has 1 aromatic heterocycles. The summed E-state index contributed by atoms with van der Waals surface area (Å²) < 4.78 is 38.2. The third kappa shape index (κ3) is 4.02. The molecule has 2 aliphatic heterocycles. The number of hydrogen-bond donors (Lipinski definition) is 3. The zero-order chi connectivity index (χ0) is 23.4. The lowest BCUT2D eigenvalue weighted by Gasteiger charge is -2.38. The number of nitrogens with zero attached hydrogens (tertiary/aromatic N) is 1. The van der Waals surface area contributed by atoms with Crippen molar-refractivity contribution in [2.24, 2.45) is 0 Å². The number of hydrogen-bond acceptors (Lipinski definition) is 5. The molecule has 1 aromatic carbocycles. The highest BCUT2D eigenvalue weighted by Crippen LogP contribution is 2.34. The number of fused-ring (bicyclic) bond motifs is 1. The van der Waals surface area contributed by atoms with Crippen molar-refractivity contribution in [3.05, 3.63) is 51.6 Å². The van der Waals surface area contributed by atoms with Crippen LogP contribution < -0.4 is 10.6 Å². The number of amides is 2. The van der Waals surface area contributed by atoms with Gasteiger partial charge in [0.2, 0.25) is 0 Å². The smallest absolute Gasteiger partial charge is 0.272 e. The number of rotatable bonds is 5. The van der Waals surface area contributed by atoms with Crippen LogP contribution in [0, 0.1) is 12.7 Å². The molecule has 172 valence electrons. The Labute approximate surface area is 189 Å². The van der Waals surface area contributed by atoms with Crippen LogP contribution in [0.25, 0.3) is 0 Å². The molecule has 0 radical (unpaired) electrons. The van der Waals surface area contributed by atoms with E-state index in [1.54, 1.807) is 18.4 Å². The lowest BCUT2D eigenvalue weighted by molar-refractivity contribution is -0.131. The Balaban J connectivity index is 1.60. The highest BCUT2D eigenvalue weighted by molar-refractivity contribution is 7.93. The molecule has 0 aliphatic carbocycles. The fraction of sp³-hybridized carbons (Fsp3) is 0.429. The Bertz CT molecular complexity index is 1230. The molecule has 2 aromatic rings. The molecular formula is C21H23ClFN3O5S. The van der Waals surface area contributed by atoms with E-state index in [4.69, 9.17) is 11.6 Å². The molecule has 2 aliphatic rings. The lowest BCUT2D eigenvalue weighted by atomic mass is 9.99. The monoisotopic (exact) mass is 483 g/mol. The molecule has 1 atom stereocenters. The van der Waals surface area contributed by atoms with Crippen LogP contribution >= 0.6 is 11.6 Å². The maximum atomic E-state index is 13.4. The zero-order valence-electron chi connectivity index (χ0n) is 17.5. The zero-order valence-corrected chi connectivity index (χ0v) is 19.1. The van der Waals surface area contributed by atoms with Gasteiger partial charge in [0.1, 0.15) is 11.5 Å². The van der Waals surface area contributed by atoms with Gasteiger partial charge in [-0.25, -0.2) is 12.8 Å². The quantitative estimate of drug-likeness (QED) is 0.602. The molecule has 1 unspecified atom stereocenters. The first-order chi connectivity index (χ1) is 14.9. The SMILES string of the molecule is Cc1c(C(O)C(=O)NC2(C)CS(=O)(=O)C2)c2n(c1C(=O)Nc1ccc(F)c(Cl)c1)CCC2. The molecular weight excluding hydrogens is 461 g/mol. The van der Waals surface area contributed by atoms with Gasteiger partial charge in [-0.05, 0) is 50.5 Å². The van der Waals surface area contributed by atoms with Crippen molar-refractivity contribution >= 4 is 38.9 Å². The topological polar surface area (TPSA) is 118 Å². The Hall–Kier alpha value is -2.43. The standard InChI is InChI=1S/C21H23ClFN3O5S/c1-11-16(18(27)20(29)25-21(2)9-32(30,31)10-21)15-4-3-7-26(15)17(11)19(28)24-12-5-6-14(23)13(22)8-12/h5-6,8,18,27H,3-4,7,9-10H2,1-2H3,(H,24,28)(H,25,29). The first-order valence-corrected chi connectivity index (χ1v) is 12.3. The first-order valence-electron chi connectivity index (χ1n) is 10.1. The highest BCUT2D eigenvalue weighted by atomic mass is 35.5. The van der Waals surface area contributed by atoms with Crippen LogP contribution in [0.4, 0.5) is 10.1 Å². The van der Waals surface area contributed by atoms with E-state index in [2.05, 4.69) is 10.6 Å². The second-order valence-electron chi connectivity index (χ2n) is 8.66. The van der Waals surface area contributed by atoms with E-state index < -0.39 is 39.1 Å². The van der Waals surface area contributed by atoms with E-state index >= 15 is 0 Å². The highest BCUT2D eigenvalue weighted by Gasteiger charge is 2.47. The second kappa shape index (κ2) is 7.86. The maximum absolute atomic E-state index is 13.4. The summed E-state index contributed by atoms with van der Waals surface area (Å²) in [4.78, 5) is 25.8. The van der Waals surface area contributed by atoms with E-state index in [0.29, 0.717) is 41.2 Å². The number of aliphatic hydroxyl groups excluding tert-OH is 1. The molecule has 0 bridgehead atoms. The molecule has 0 spiro atoms. The number of sulfone groups is 1. The normalized spacial score (nSPS) is 19.0. The minimum atomic E-state index is -3.17. The van der Waals surface area contributed by atoms with Crippen molar-refractivity contribution in [3.63, 3.8) is 0 Å². The van der Waals surface area contributed by atoms with Crippen molar-refractivity contribution in [2.75, 3.05) is 16.8 Å². The van der Waals surface area contributed by atoms with Gasteiger partial charge in [-0.2, -0.15) is 0 Å². The summed E-state index contributed by atoms with van der Waals surface area (Å²) in [7, 11) is -3.17. The lowest BCUT2D eigenvalue weighted by Crippen LogP contribution is -2.64. The van der Waals surface area contributed by atoms with Gasteiger partial charge in [0, 0.05) is 23.5 Å². The van der Waals surface area contributed by atoms with Gasteiger partial charge in [-0.1, -0.05) is 11.6 Å². The van der Waals surface area contributed by atoms with Crippen molar-refractivity contribution in [1.82, 2.24) is 9.88 Å². The molecule has 3 heterocycles. The summed E-state index contributed by atoms with van der Waals surface area (Å²) in [6, 6.07) is 3.83. The summed E-state index contributed by atoms with van der Waals surface area (Å²) in [6.45, 7) is 3.81. The molecule has 1 saturated heterocycles. The summed E-state index contributed by atoms with van der Waals surface area (Å²) in [5.74, 6) is -2.14. The number of aromatic nitrogens is 1. The van der Waals surface area contributed by atoms with Gasteiger partial charge in [-0.15, -0.1) is 0 Å². The molecule has 32 heavy (non-hydrogen) atoms. The average Bonchev–Trinajstić information content (AvgIpc) is 3.21. The van der Waals surface area contributed by atoms with Gasteiger partial charge in [0.05, 0.1) is 22.1 Å². The predicted molar refractivity (Wildman–Crippen MR) is 117 cm³/mol. The number of carbonyl (C=O) groups excluding carboxylic acids is 2. The Kier molecular flexibility index (Phi) is 5.59. The number of benzene rings is 1. The molecule has 1 fully saturated rings. The fourth-order valence-electron chi connectivity index (χ4n) is 4.67. The Morgan fingerprint density at radius 1 is 1.31 bits per heavy atom. The van der Waals surface area contributed by atoms with E-state index in [-0.39, 0.29) is 16.5 Å². The van der Waals surface area contributed by atoms with Crippen molar-refractivity contribution in [3.8, 4) is 0 Å². The van der Waals surface area contributed by atoms with Crippen LogP contribution in [0.15, 0.2) is 18.2 Å². The molecule has 0 saturated carbocycles. The molecule has 3 N–H and O–H groups in total. The van der Waals surface area contributed by atoms with Crippen LogP contribution in [0.5, 0.6) is 0 Å². The van der Waals surface area contributed by atoms with Crippen LogP contribution in [0.2, 0.25) is 5.02 Å². The van der Waals surface area contributed by atoms with Gasteiger partial charge in [0.25, 0.3) is 11.8 Å². The van der Waals surface area contributed by atoms with Gasteiger partial charge >= 0.3 is 0 Å². The predicted octanol–water partition coefficient (Wildman–Crippen LogP) is 2.12. The summed E-state index contributed by atoms with van der Waals surface area (Å²) >= 11 is 5.79. The van der Waals surface area contributed by atoms with E-state index in [1.807, 2.05) is 0 Å². The van der Waals surface area contributed by atoms with Crippen LogP contribution in [-0.4, -0.2) is 47.0 Å². The molecule has 8 nitrogen and oxygen atoms in total. The van der Waals surface area contributed by atoms with Crippen molar-refractivity contribution in [1.29, 1.82) is 0 Å². The van der Waals surface area contributed by atoms with Crippen LogP contribution in [-0.2, 0) is 27.6 Å². The first kappa shape index (κ1) is 22.8. The van der Waals surface area contributed by atoms with Crippen LogP contribution in [0.1, 0.15) is 46.8 Å². The fourth-order valence-corrected chi connectivity index (χ4v) is 6.85. The third-order valence-electron chi connectivity index (χ3n) is 5.88. The van der Waals surface area contributed by atoms with E-state index in [1.165, 1.54) is 12.1 Å². The van der Waals surface area contributed by atoms with Crippen LogP contribution in [0.3, 0.4) is 0 Å². The van der Waals surface area contributed by atoms with E-state index in [9.17, 15) is 27.5 Å². The average molecular weight is 484 g/mol. The number of halogens is 2. The number of nitrogens with one attached hydrogen (secondary N) is 2. The van der Waals surface area contributed by atoms with Crippen molar-refractivity contribution < 1.29 is 27.5 Å². The van der Waals surface area contributed by atoms with Gasteiger partial charge in [-0.3, -0.25) is 9.59 Å². The maximum Gasteiger partial charge on any atom is 0.272 e. The molecule has 11 heteroatoms. The number of aliphatic hydroxyl groups is 1. The second-order valence-corrected chi connectivity index (χ2v) is 11.1. The Morgan fingerprint density at radius 3 is 2.62 bits per heavy atom. The largest absolute Gasteiger partial charge is 0.378 e. The van der Waals surface area contributed by atoms with Crippen molar-refractivity contribution in [2.45, 2.75) is 44.9 Å². The van der Waals surface area contributed by atoms with Gasteiger partial charge < -0.3 is 20.3 Å². The number of anilines is 1. The Morgan fingerprint density at radius 2 is 2.00 bits per heavy atom. The molecule has 4 rings (SSSR count).